The molecule has 72 heavy (non-hydrogen) atoms. The third-order valence-corrected chi connectivity index (χ3v) is 16.6. The van der Waals surface area contributed by atoms with E-state index in [4.69, 9.17) is 0 Å². The summed E-state index contributed by atoms with van der Waals surface area (Å²) in [5.74, 6) is -1.21. The molecule has 10 rings (SSSR count). The minimum atomic E-state index is -1.21. The van der Waals surface area contributed by atoms with Crippen LogP contribution in [0.5, 0.6) is 0 Å². The summed E-state index contributed by atoms with van der Waals surface area (Å²) in [6, 6.07) is 55.1. The lowest BCUT2D eigenvalue weighted by Gasteiger charge is -2.35. The van der Waals surface area contributed by atoms with E-state index in [1.54, 1.807) is 41.7 Å². The summed E-state index contributed by atoms with van der Waals surface area (Å²) in [7, 11) is 0. The number of carbonyl (C=O) groups is 1. The van der Waals surface area contributed by atoms with Crippen molar-refractivity contribution >= 4 is 46.5 Å². The molecule has 0 fully saturated rings. The van der Waals surface area contributed by atoms with Crippen LogP contribution in [0.3, 0.4) is 0 Å². The lowest BCUT2D eigenvalue weighted by atomic mass is 9.70. The van der Waals surface area contributed by atoms with Gasteiger partial charge in [-0.05, 0) is 149 Å². The van der Waals surface area contributed by atoms with Crippen LogP contribution in [0.2, 0.25) is 0 Å². The van der Waals surface area contributed by atoms with E-state index in [9.17, 15) is 14.7 Å². The van der Waals surface area contributed by atoms with E-state index in [1.807, 2.05) is 12.1 Å². The molecule has 364 valence electrons. The van der Waals surface area contributed by atoms with Crippen molar-refractivity contribution in [2.24, 2.45) is 0 Å². The molecule has 0 amide bonds. The van der Waals surface area contributed by atoms with Gasteiger partial charge < -0.3 is 10.0 Å². The predicted molar refractivity (Wildman–Crippen MR) is 301 cm³/mol. The molecule has 2 aromatic heterocycles. The third-order valence-electron chi connectivity index (χ3n) is 15.5. The number of nitrogens with zero attached hydrogens (tertiary/aromatic N) is 2. The molecule has 2 heterocycles. The Labute approximate surface area is 429 Å². The van der Waals surface area contributed by atoms with Crippen LogP contribution in [0, 0.1) is 0 Å². The number of H-pyrrole nitrogens is 1. The fraction of sp³-hybridized carbons (Fsp3) is 0.277. The third kappa shape index (κ3) is 8.73. The van der Waals surface area contributed by atoms with Crippen LogP contribution >= 0.6 is 11.3 Å². The molecule has 6 nitrogen and oxygen atoms in total. The molecule has 0 radical (unpaired) electrons. The maximum atomic E-state index is 13.4. The molecule has 7 heteroatoms. The second kappa shape index (κ2) is 20.9. The Balaban J connectivity index is 1.06. The van der Waals surface area contributed by atoms with Crippen LogP contribution in [-0.2, 0) is 10.8 Å². The first kappa shape index (κ1) is 48.4. The van der Waals surface area contributed by atoms with Crippen LogP contribution in [0.1, 0.15) is 148 Å². The highest BCUT2D eigenvalue weighted by Gasteiger charge is 2.44. The number of hydrogen-bond donors (Lipinski definition) is 2. The molecule has 0 saturated heterocycles. The van der Waals surface area contributed by atoms with E-state index in [1.165, 1.54) is 92.3 Å². The number of carboxylic acids is 1. The number of aromatic carboxylic acids is 1. The molecule has 6 aromatic carbocycles. The number of para-hydroxylation sites is 1. The topological polar surface area (TPSA) is 78.3 Å². The Morgan fingerprint density at radius 1 is 0.583 bits per heavy atom. The van der Waals surface area contributed by atoms with Crippen molar-refractivity contribution in [2.45, 2.75) is 116 Å². The van der Waals surface area contributed by atoms with E-state index in [0.29, 0.717) is 5.69 Å². The van der Waals surface area contributed by atoms with Crippen molar-refractivity contribution in [1.82, 2.24) is 9.78 Å². The number of fused-ring (bicyclic) bond motifs is 6. The molecule has 0 bridgehead atoms. The quantitative estimate of drug-likeness (QED) is 0.0746. The van der Waals surface area contributed by atoms with Crippen molar-refractivity contribution < 1.29 is 9.90 Å². The van der Waals surface area contributed by atoms with Gasteiger partial charge in [-0.15, -0.1) is 17.1 Å². The second-order valence-corrected chi connectivity index (χ2v) is 21.0. The van der Waals surface area contributed by atoms with Crippen LogP contribution in [0.4, 0.5) is 17.1 Å². The van der Waals surface area contributed by atoms with Crippen LogP contribution in [0.25, 0.3) is 50.5 Å². The number of nitrogens with one attached hydrogen (secondary N) is 1. The highest BCUT2D eigenvalue weighted by molar-refractivity contribution is 7.16. The van der Waals surface area contributed by atoms with Gasteiger partial charge in [0.15, 0.2) is 5.69 Å². The predicted octanol–water partition coefficient (Wildman–Crippen LogP) is 17.7. The molecule has 8 aromatic rings. The van der Waals surface area contributed by atoms with Gasteiger partial charge >= 0.3 is 5.97 Å². The Bertz CT molecular complexity index is 3230. The Morgan fingerprint density at radius 3 is 1.58 bits per heavy atom. The van der Waals surface area contributed by atoms with E-state index < -0.39 is 11.5 Å². The summed E-state index contributed by atoms with van der Waals surface area (Å²) in [4.78, 5) is 30.1. The van der Waals surface area contributed by atoms with Crippen molar-refractivity contribution in [1.29, 1.82) is 0 Å². The number of aromatic amines is 1. The SMILES string of the molecule is CCCCC1(CCCC)c2ccccc2-c2ccc(N(c3ccc(-c4ccc(C=C=Cc5c(C(=O)O)[nH]n(-c6ccccc6)c5=O)s4)cc3)c3ccc4c(c3)C(CCCC)(CCCC)c3ccccc3-4)cc21. The van der Waals surface area contributed by atoms with E-state index in [-0.39, 0.29) is 22.1 Å². The highest BCUT2D eigenvalue weighted by Crippen LogP contribution is 2.58. The van der Waals surface area contributed by atoms with E-state index in [0.717, 1.165) is 72.4 Å². The van der Waals surface area contributed by atoms with Gasteiger partial charge in [0.1, 0.15) is 0 Å². The smallest absolute Gasteiger partial charge is 0.354 e. The number of hydrogen-bond acceptors (Lipinski definition) is 4. The number of anilines is 3. The lowest BCUT2D eigenvalue weighted by Crippen LogP contribution is -2.26. The van der Waals surface area contributed by atoms with Crippen LogP contribution < -0.4 is 10.5 Å². The standard InChI is InChI=1S/C65H65N3O3S/c1-5-9-39-64(40-10-6-2)56-27-18-16-24-51(56)53-36-33-48(43-58(53)64)67(49-34-37-54-52-25-17-19-28-57(52)65(41-11-7-3,42-12-8-4)59(54)44-49)46-31-29-45(30-32-46)60-38-35-50(72-60)23-20-26-55-61(63(70)71)66-68(62(55)69)47-21-14-13-15-22-47/h13-19,21-38,43-44,66H,5-12,39-42H2,1-4H3,(H,70,71). The van der Waals surface area contributed by atoms with Crippen molar-refractivity contribution in [3.63, 3.8) is 0 Å². The molecule has 0 spiro atoms. The van der Waals surface area contributed by atoms with Gasteiger partial charge in [-0.3, -0.25) is 9.89 Å². The number of aromatic nitrogens is 2. The van der Waals surface area contributed by atoms with Gasteiger partial charge in [-0.1, -0.05) is 170 Å². The average molecular weight is 968 g/mol. The summed E-state index contributed by atoms with van der Waals surface area (Å²) >= 11 is 1.63. The molecule has 2 aliphatic rings. The first-order chi connectivity index (χ1) is 35.2. The van der Waals surface area contributed by atoms with Gasteiger partial charge in [-0.2, -0.15) is 0 Å². The minimum absolute atomic E-state index is 0.0411. The Hall–Kier alpha value is -7.18. The van der Waals surface area contributed by atoms with Gasteiger partial charge in [0.2, 0.25) is 0 Å². The molecule has 2 aliphatic carbocycles. The first-order valence-electron chi connectivity index (χ1n) is 26.3. The van der Waals surface area contributed by atoms with Crippen molar-refractivity contribution in [3.05, 3.63) is 206 Å². The zero-order valence-corrected chi connectivity index (χ0v) is 43.0. The lowest BCUT2D eigenvalue weighted by molar-refractivity contribution is 0.0689. The van der Waals surface area contributed by atoms with Gasteiger partial charge in [0.25, 0.3) is 5.56 Å². The fourth-order valence-electron chi connectivity index (χ4n) is 11.9. The van der Waals surface area contributed by atoms with E-state index in [2.05, 4.69) is 159 Å². The Kier molecular flexibility index (Phi) is 14.1. The minimum Gasteiger partial charge on any atom is -0.477 e. The van der Waals surface area contributed by atoms with Gasteiger partial charge in [0, 0.05) is 37.6 Å². The summed E-state index contributed by atoms with van der Waals surface area (Å²) < 4.78 is 1.25. The monoisotopic (exact) mass is 967 g/mol. The average Bonchev–Trinajstić information content (AvgIpc) is 4.17. The maximum absolute atomic E-state index is 13.4. The normalized spacial score (nSPS) is 13.4. The molecule has 0 atom stereocenters. The van der Waals surface area contributed by atoms with Gasteiger partial charge in [0.05, 0.1) is 11.3 Å². The number of thiophene rings is 1. The number of rotatable bonds is 20. The summed E-state index contributed by atoms with van der Waals surface area (Å²) in [6.45, 7) is 9.29. The molecular formula is C65H65N3O3S. The summed E-state index contributed by atoms with van der Waals surface area (Å²) in [5.41, 5.74) is 19.0. The largest absolute Gasteiger partial charge is 0.477 e. The molecular weight excluding hydrogens is 903 g/mol. The molecule has 2 N–H and O–H groups in total. The number of benzene rings is 6. The summed E-state index contributed by atoms with van der Waals surface area (Å²) in [6.07, 6.45) is 17.2. The molecule has 0 saturated carbocycles. The molecule has 0 unspecified atom stereocenters. The van der Waals surface area contributed by atoms with Crippen molar-refractivity contribution in [3.8, 4) is 38.4 Å². The van der Waals surface area contributed by atoms with Crippen LogP contribution in [-0.4, -0.2) is 20.9 Å². The Morgan fingerprint density at radius 2 is 1.07 bits per heavy atom. The zero-order valence-electron chi connectivity index (χ0n) is 42.1. The van der Waals surface area contributed by atoms with Gasteiger partial charge in [-0.25, -0.2) is 9.48 Å². The number of carboxylic acid groups (broad SMARTS) is 1. The fourth-order valence-corrected chi connectivity index (χ4v) is 12.8. The highest BCUT2D eigenvalue weighted by atomic mass is 32.1. The summed E-state index contributed by atoms with van der Waals surface area (Å²) in [5, 5.41) is 12.7. The number of unbranched alkanes of at least 4 members (excludes halogenated alkanes) is 4. The second-order valence-electron chi connectivity index (χ2n) is 19.9. The van der Waals surface area contributed by atoms with E-state index >= 15 is 0 Å². The first-order valence-corrected chi connectivity index (χ1v) is 27.1. The zero-order chi connectivity index (χ0) is 49.8. The van der Waals surface area contributed by atoms with Crippen LogP contribution in [0.15, 0.2) is 162 Å². The molecule has 0 aliphatic heterocycles. The van der Waals surface area contributed by atoms with Crippen molar-refractivity contribution in [2.75, 3.05) is 4.90 Å². The maximum Gasteiger partial charge on any atom is 0.354 e.